The van der Waals surface area contributed by atoms with Crippen LogP contribution in [0.2, 0.25) is 0 Å². The van der Waals surface area contributed by atoms with E-state index in [4.69, 9.17) is 9.84 Å². The highest BCUT2D eigenvalue weighted by Crippen LogP contribution is 2.26. The number of hydrogen-bond acceptors (Lipinski definition) is 3. The maximum atomic E-state index is 12.3. The molecule has 1 saturated carbocycles. The van der Waals surface area contributed by atoms with Gasteiger partial charge in [-0.15, -0.1) is 0 Å². The Morgan fingerprint density at radius 1 is 1.17 bits per heavy atom. The topological polar surface area (TPSA) is 75.6 Å². The lowest BCUT2D eigenvalue weighted by molar-refractivity contribution is -0.137. The molecule has 0 aliphatic heterocycles. The summed E-state index contributed by atoms with van der Waals surface area (Å²) < 4.78 is 5.12. The Morgan fingerprint density at radius 2 is 1.83 bits per heavy atom. The van der Waals surface area contributed by atoms with E-state index in [0.717, 1.165) is 37.0 Å². The minimum Gasteiger partial charge on any atom is -0.497 e. The lowest BCUT2D eigenvalue weighted by Crippen LogP contribution is -2.37. The van der Waals surface area contributed by atoms with Crippen LogP contribution in [0.3, 0.4) is 0 Å². The summed E-state index contributed by atoms with van der Waals surface area (Å²) in [6, 6.07) is 7.50. The van der Waals surface area contributed by atoms with Gasteiger partial charge in [-0.2, -0.15) is 0 Å². The third-order valence-electron chi connectivity index (χ3n) is 4.41. The van der Waals surface area contributed by atoms with Crippen molar-refractivity contribution in [2.24, 2.45) is 0 Å². The molecule has 0 heterocycles. The number of carbonyl (C=O) groups excluding carboxylic acids is 1. The van der Waals surface area contributed by atoms with Crippen molar-refractivity contribution in [3.8, 4) is 5.75 Å². The van der Waals surface area contributed by atoms with E-state index in [-0.39, 0.29) is 30.7 Å². The molecule has 1 aliphatic rings. The number of methoxy groups -OCH3 is 1. The Balaban J connectivity index is 1.99. The number of carboxylic acid groups (broad SMARTS) is 1. The van der Waals surface area contributed by atoms with Crippen molar-refractivity contribution in [1.29, 1.82) is 0 Å². The highest BCUT2D eigenvalue weighted by atomic mass is 16.5. The average Bonchev–Trinajstić information content (AvgIpc) is 2.55. The standard InChI is InChI=1S/C18H25NO4/c1-23-16-9-7-13(8-10-16)14(12-18(21)22)11-17(20)19-15-5-3-2-4-6-15/h7-10,14-15H,2-6,11-12H2,1H3,(H,19,20)(H,21,22). The highest BCUT2D eigenvalue weighted by molar-refractivity contribution is 5.78. The van der Waals surface area contributed by atoms with Gasteiger partial charge in [0.1, 0.15) is 5.75 Å². The molecule has 5 heteroatoms. The van der Waals surface area contributed by atoms with Gasteiger partial charge < -0.3 is 15.2 Å². The molecule has 1 amide bonds. The van der Waals surface area contributed by atoms with Crippen LogP contribution in [0.15, 0.2) is 24.3 Å². The smallest absolute Gasteiger partial charge is 0.303 e. The van der Waals surface area contributed by atoms with Gasteiger partial charge in [-0.25, -0.2) is 0 Å². The van der Waals surface area contributed by atoms with Crippen LogP contribution < -0.4 is 10.1 Å². The maximum absolute atomic E-state index is 12.3. The highest BCUT2D eigenvalue weighted by Gasteiger charge is 2.22. The zero-order valence-electron chi connectivity index (χ0n) is 13.6. The first-order chi connectivity index (χ1) is 11.1. The summed E-state index contributed by atoms with van der Waals surface area (Å²) >= 11 is 0. The molecule has 0 aromatic heterocycles. The second-order valence-electron chi connectivity index (χ2n) is 6.17. The maximum Gasteiger partial charge on any atom is 0.303 e. The number of carbonyl (C=O) groups is 2. The fraction of sp³-hybridized carbons (Fsp3) is 0.556. The molecule has 0 radical (unpaired) electrons. The minimum absolute atomic E-state index is 0.0512. The number of ether oxygens (including phenoxy) is 1. The molecule has 5 nitrogen and oxygen atoms in total. The van der Waals surface area contributed by atoms with Crippen LogP contribution in [0.5, 0.6) is 5.75 Å². The molecule has 1 aromatic rings. The zero-order chi connectivity index (χ0) is 16.7. The second kappa shape index (κ2) is 8.56. The lowest BCUT2D eigenvalue weighted by atomic mass is 9.91. The van der Waals surface area contributed by atoms with Gasteiger partial charge in [-0.1, -0.05) is 31.4 Å². The van der Waals surface area contributed by atoms with Gasteiger partial charge in [0.15, 0.2) is 0 Å². The predicted octanol–water partition coefficient (Wildman–Crippen LogP) is 3.09. The van der Waals surface area contributed by atoms with E-state index in [2.05, 4.69) is 5.32 Å². The molecule has 2 N–H and O–H groups in total. The van der Waals surface area contributed by atoms with Crippen LogP contribution >= 0.6 is 0 Å². The molecule has 23 heavy (non-hydrogen) atoms. The van der Waals surface area contributed by atoms with E-state index in [9.17, 15) is 9.59 Å². The van der Waals surface area contributed by atoms with Crippen LogP contribution in [-0.4, -0.2) is 30.1 Å². The van der Waals surface area contributed by atoms with E-state index in [1.807, 2.05) is 12.1 Å². The van der Waals surface area contributed by atoms with Crippen LogP contribution in [0.25, 0.3) is 0 Å². The van der Waals surface area contributed by atoms with Gasteiger partial charge in [-0.05, 0) is 30.5 Å². The Labute approximate surface area is 137 Å². The lowest BCUT2D eigenvalue weighted by Gasteiger charge is -2.24. The number of rotatable bonds is 7. The van der Waals surface area contributed by atoms with Gasteiger partial charge in [-0.3, -0.25) is 9.59 Å². The molecule has 1 aromatic carbocycles. The monoisotopic (exact) mass is 319 g/mol. The SMILES string of the molecule is COc1ccc(C(CC(=O)O)CC(=O)NC2CCCCC2)cc1. The molecule has 0 bridgehead atoms. The predicted molar refractivity (Wildman–Crippen MR) is 87.6 cm³/mol. The summed E-state index contributed by atoms with van der Waals surface area (Å²) in [4.78, 5) is 23.4. The molecule has 0 spiro atoms. The minimum atomic E-state index is -0.892. The van der Waals surface area contributed by atoms with Crippen LogP contribution in [0.4, 0.5) is 0 Å². The normalized spacial score (nSPS) is 16.6. The van der Waals surface area contributed by atoms with Crippen LogP contribution in [0.1, 0.15) is 56.4 Å². The third-order valence-corrected chi connectivity index (χ3v) is 4.41. The largest absolute Gasteiger partial charge is 0.497 e. The van der Waals surface area contributed by atoms with Crippen molar-refractivity contribution < 1.29 is 19.4 Å². The first-order valence-corrected chi connectivity index (χ1v) is 8.23. The summed E-state index contributed by atoms with van der Waals surface area (Å²) in [5.74, 6) is -0.549. The van der Waals surface area contributed by atoms with Gasteiger partial charge in [0.05, 0.1) is 13.5 Å². The first-order valence-electron chi connectivity index (χ1n) is 8.23. The van der Waals surface area contributed by atoms with E-state index in [0.29, 0.717) is 0 Å². The first kappa shape index (κ1) is 17.3. The van der Waals surface area contributed by atoms with E-state index < -0.39 is 5.97 Å². The van der Waals surface area contributed by atoms with E-state index in [1.165, 1.54) is 6.42 Å². The van der Waals surface area contributed by atoms with Crippen LogP contribution in [0, 0.1) is 0 Å². The second-order valence-corrected chi connectivity index (χ2v) is 6.17. The zero-order valence-corrected chi connectivity index (χ0v) is 13.6. The van der Waals surface area contributed by atoms with E-state index >= 15 is 0 Å². The summed E-state index contributed by atoms with van der Waals surface area (Å²) in [6.07, 6.45) is 5.75. The summed E-state index contributed by atoms with van der Waals surface area (Å²) in [6.45, 7) is 0. The van der Waals surface area contributed by atoms with Crippen molar-refractivity contribution >= 4 is 11.9 Å². The molecular weight excluding hydrogens is 294 g/mol. The fourth-order valence-electron chi connectivity index (χ4n) is 3.15. The number of benzene rings is 1. The molecule has 1 fully saturated rings. The van der Waals surface area contributed by atoms with E-state index in [1.54, 1.807) is 19.2 Å². The molecule has 1 aliphatic carbocycles. The van der Waals surface area contributed by atoms with Crippen molar-refractivity contribution in [3.05, 3.63) is 29.8 Å². The molecule has 2 rings (SSSR count). The molecular formula is C18H25NO4. The molecule has 126 valence electrons. The van der Waals surface area contributed by atoms with Gasteiger partial charge in [0.25, 0.3) is 0 Å². The number of amides is 1. The Hall–Kier alpha value is -2.04. The quantitative estimate of drug-likeness (QED) is 0.810. The van der Waals surface area contributed by atoms with Crippen molar-refractivity contribution in [3.63, 3.8) is 0 Å². The third kappa shape index (κ3) is 5.58. The molecule has 0 saturated heterocycles. The molecule has 1 unspecified atom stereocenters. The summed E-state index contributed by atoms with van der Waals surface area (Å²) in [5, 5.41) is 12.2. The summed E-state index contributed by atoms with van der Waals surface area (Å²) in [5.41, 5.74) is 0.854. The van der Waals surface area contributed by atoms with Crippen LogP contribution in [-0.2, 0) is 9.59 Å². The Bertz CT molecular complexity index is 520. The van der Waals surface area contributed by atoms with Crippen molar-refractivity contribution in [1.82, 2.24) is 5.32 Å². The summed E-state index contributed by atoms with van der Waals surface area (Å²) in [7, 11) is 1.58. The molecule has 1 atom stereocenters. The fourth-order valence-corrected chi connectivity index (χ4v) is 3.15. The number of nitrogens with one attached hydrogen (secondary N) is 1. The number of aliphatic carboxylic acids is 1. The van der Waals surface area contributed by atoms with Crippen molar-refractivity contribution in [2.45, 2.75) is 56.9 Å². The average molecular weight is 319 g/mol. The van der Waals surface area contributed by atoms with Crippen molar-refractivity contribution in [2.75, 3.05) is 7.11 Å². The van der Waals surface area contributed by atoms with Gasteiger partial charge in [0, 0.05) is 18.4 Å². The van der Waals surface area contributed by atoms with Gasteiger partial charge >= 0.3 is 5.97 Å². The van der Waals surface area contributed by atoms with Gasteiger partial charge in [0.2, 0.25) is 5.91 Å². The Morgan fingerprint density at radius 3 is 2.39 bits per heavy atom. The number of carboxylic acids is 1. The Kier molecular flexibility index (Phi) is 6.44. The number of hydrogen-bond donors (Lipinski definition) is 2.